The van der Waals surface area contributed by atoms with Crippen LogP contribution in [0.25, 0.3) is 0 Å². The van der Waals surface area contributed by atoms with Gasteiger partial charge in [0.05, 0.1) is 5.69 Å². The number of rotatable bonds is 2. The maximum Gasteiger partial charge on any atom is 0.319 e. The third-order valence-electron chi connectivity index (χ3n) is 3.03. The molecule has 2 amide bonds. The molecule has 0 aliphatic heterocycles. The number of aromatic nitrogens is 1. The summed E-state index contributed by atoms with van der Waals surface area (Å²) in [5, 5.41) is 5.65. The van der Waals surface area contributed by atoms with E-state index in [1.807, 2.05) is 0 Å². The van der Waals surface area contributed by atoms with Crippen molar-refractivity contribution in [1.82, 2.24) is 9.88 Å². The van der Waals surface area contributed by atoms with Gasteiger partial charge in [-0.3, -0.25) is 4.79 Å². The fourth-order valence-electron chi connectivity index (χ4n) is 2.09. The molecule has 2 N–H and O–H groups in total. The third-order valence-corrected chi connectivity index (χ3v) is 3.03. The van der Waals surface area contributed by atoms with Crippen molar-refractivity contribution in [3.05, 3.63) is 28.7 Å². The number of anilines is 1. The number of amides is 2. The van der Waals surface area contributed by atoms with Crippen LogP contribution < -0.4 is 16.2 Å². The molecule has 1 heterocycles. The molecule has 1 aromatic rings. The van der Waals surface area contributed by atoms with Crippen molar-refractivity contribution < 1.29 is 4.79 Å². The zero-order chi connectivity index (χ0) is 12.3. The van der Waals surface area contributed by atoms with Gasteiger partial charge in [0.15, 0.2) is 0 Å². The van der Waals surface area contributed by atoms with Gasteiger partial charge in [0.1, 0.15) is 0 Å². The van der Waals surface area contributed by atoms with Crippen molar-refractivity contribution in [2.45, 2.75) is 31.7 Å². The predicted molar refractivity (Wildman–Crippen MR) is 66.1 cm³/mol. The largest absolute Gasteiger partial charge is 0.335 e. The quantitative estimate of drug-likeness (QED) is 0.815. The molecular formula is C12H17N3O2. The van der Waals surface area contributed by atoms with Crippen LogP contribution in [0, 0.1) is 0 Å². The molecular weight excluding hydrogens is 218 g/mol. The molecule has 5 heteroatoms. The number of carbonyl (C=O) groups excluding carboxylic acids is 1. The molecule has 0 unspecified atom stereocenters. The minimum absolute atomic E-state index is 0.0910. The van der Waals surface area contributed by atoms with Gasteiger partial charge in [-0.05, 0) is 18.9 Å². The second-order valence-electron chi connectivity index (χ2n) is 4.45. The van der Waals surface area contributed by atoms with E-state index in [0.717, 1.165) is 12.8 Å². The summed E-state index contributed by atoms with van der Waals surface area (Å²) < 4.78 is 1.44. The van der Waals surface area contributed by atoms with Crippen LogP contribution in [0.5, 0.6) is 0 Å². The fourth-order valence-corrected chi connectivity index (χ4v) is 2.09. The molecule has 1 saturated carbocycles. The Labute approximate surface area is 99.8 Å². The molecule has 92 valence electrons. The molecule has 0 radical (unpaired) electrons. The van der Waals surface area contributed by atoms with Crippen molar-refractivity contribution in [3.8, 4) is 0 Å². The summed E-state index contributed by atoms with van der Waals surface area (Å²) in [7, 11) is 1.66. The van der Waals surface area contributed by atoms with Crippen molar-refractivity contribution in [2.75, 3.05) is 5.32 Å². The van der Waals surface area contributed by atoms with Crippen LogP contribution >= 0.6 is 0 Å². The molecule has 0 atom stereocenters. The van der Waals surface area contributed by atoms with E-state index in [0.29, 0.717) is 11.7 Å². The molecule has 5 nitrogen and oxygen atoms in total. The van der Waals surface area contributed by atoms with Crippen LogP contribution in [-0.2, 0) is 7.05 Å². The first-order valence-corrected chi connectivity index (χ1v) is 5.89. The normalized spacial score (nSPS) is 15.8. The SMILES string of the molecule is Cn1cc(NC(=O)NC2CCCC2)ccc1=O. The van der Waals surface area contributed by atoms with Gasteiger partial charge in [0, 0.05) is 25.4 Å². The summed E-state index contributed by atoms with van der Waals surface area (Å²) in [6.45, 7) is 0. The molecule has 1 aromatic heterocycles. The van der Waals surface area contributed by atoms with Gasteiger partial charge in [-0.15, -0.1) is 0 Å². The molecule has 0 bridgehead atoms. The van der Waals surface area contributed by atoms with Gasteiger partial charge < -0.3 is 15.2 Å². The fraction of sp³-hybridized carbons (Fsp3) is 0.500. The van der Waals surface area contributed by atoms with E-state index in [4.69, 9.17) is 0 Å². The van der Waals surface area contributed by atoms with Crippen molar-refractivity contribution in [2.24, 2.45) is 7.05 Å². The lowest BCUT2D eigenvalue weighted by atomic mass is 10.2. The zero-order valence-corrected chi connectivity index (χ0v) is 9.90. The third kappa shape index (κ3) is 3.09. The standard InChI is InChI=1S/C12H17N3O2/c1-15-8-10(6-7-11(15)16)14-12(17)13-9-4-2-3-5-9/h6-9H,2-5H2,1H3,(H2,13,14,17). The van der Waals surface area contributed by atoms with Crippen LogP contribution in [0.4, 0.5) is 10.5 Å². The lowest BCUT2D eigenvalue weighted by Crippen LogP contribution is -2.36. The second-order valence-corrected chi connectivity index (χ2v) is 4.45. The second kappa shape index (κ2) is 5.03. The summed E-state index contributed by atoms with van der Waals surface area (Å²) in [5.74, 6) is 0. The lowest BCUT2D eigenvalue weighted by Gasteiger charge is -2.13. The smallest absolute Gasteiger partial charge is 0.319 e. The van der Waals surface area contributed by atoms with E-state index in [1.165, 1.54) is 23.5 Å². The number of hydrogen-bond acceptors (Lipinski definition) is 2. The van der Waals surface area contributed by atoms with E-state index >= 15 is 0 Å². The molecule has 0 aromatic carbocycles. The number of nitrogens with one attached hydrogen (secondary N) is 2. The average Bonchev–Trinajstić information content (AvgIpc) is 2.76. The molecule has 1 fully saturated rings. The van der Waals surface area contributed by atoms with E-state index in [2.05, 4.69) is 10.6 Å². The van der Waals surface area contributed by atoms with Gasteiger partial charge in [0.25, 0.3) is 0 Å². The number of aryl methyl sites for hydroxylation is 1. The first-order chi connectivity index (χ1) is 8.15. The molecule has 1 aliphatic carbocycles. The van der Waals surface area contributed by atoms with Crippen molar-refractivity contribution in [3.63, 3.8) is 0 Å². The minimum atomic E-state index is -0.199. The number of carbonyl (C=O) groups is 1. The first kappa shape index (κ1) is 11.7. The predicted octanol–water partition coefficient (Wildman–Crippen LogP) is 1.45. The number of nitrogens with zero attached hydrogens (tertiary/aromatic N) is 1. The average molecular weight is 235 g/mol. The molecule has 0 saturated heterocycles. The summed E-state index contributed by atoms with van der Waals surface area (Å²) in [6.07, 6.45) is 6.09. The number of pyridine rings is 1. The zero-order valence-electron chi connectivity index (χ0n) is 9.90. The maximum atomic E-state index is 11.7. The van der Waals surface area contributed by atoms with Crippen molar-refractivity contribution in [1.29, 1.82) is 0 Å². The lowest BCUT2D eigenvalue weighted by molar-refractivity contribution is 0.248. The van der Waals surface area contributed by atoms with E-state index in [1.54, 1.807) is 19.3 Å². The highest BCUT2D eigenvalue weighted by atomic mass is 16.2. The van der Waals surface area contributed by atoms with Crippen LogP contribution in [0.15, 0.2) is 23.1 Å². The van der Waals surface area contributed by atoms with Crippen LogP contribution in [0.3, 0.4) is 0 Å². The van der Waals surface area contributed by atoms with E-state index < -0.39 is 0 Å². The Morgan fingerprint density at radius 1 is 1.35 bits per heavy atom. The highest BCUT2D eigenvalue weighted by Gasteiger charge is 2.16. The highest BCUT2D eigenvalue weighted by molar-refractivity contribution is 5.89. The molecule has 1 aliphatic rings. The van der Waals surface area contributed by atoms with Crippen LogP contribution in [0.1, 0.15) is 25.7 Å². The minimum Gasteiger partial charge on any atom is -0.335 e. The Balaban J connectivity index is 1.93. The van der Waals surface area contributed by atoms with Gasteiger partial charge in [-0.25, -0.2) is 4.79 Å². The Bertz CT molecular complexity index is 461. The summed E-state index contributed by atoms with van der Waals surface area (Å²) in [4.78, 5) is 22.8. The Morgan fingerprint density at radius 3 is 2.71 bits per heavy atom. The van der Waals surface area contributed by atoms with Gasteiger partial charge >= 0.3 is 6.03 Å². The van der Waals surface area contributed by atoms with Gasteiger partial charge in [0.2, 0.25) is 5.56 Å². The summed E-state index contributed by atoms with van der Waals surface area (Å²) in [6, 6.07) is 3.14. The van der Waals surface area contributed by atoms with Crippen molar-refractivity contribution >= 4 is 11.7 Å². The Morgan fingerprint density at radius 2 is 2.06 bits per heavy atom. The van der Waals surface area contributed by atoms with Gasteiger partial charge in [-0.1, -0.05) is 12.8 Å². The topological polar surface area (TPSA) is 63.1 Å². The molecule has 17 heavy (non-hydrogen) atoms. The van der Waals surface area contributed by atoms with Crippen LogP contribution in [0.2, 0.25) is 0 Å². The summed E-state index contributed by atoms with van der Waals surface area (Å²) in [5.41, 5.74) is 0.536. The molecule has 0 spiro atoms. The van der Waals surface area contributed by atoms with E-state index in [9.17, 15) is 9.59 Å². The van der Waals surface area contributed by atoms with Crippen LogP contribution in [-0.4, -0.2) is 16.6 Å². The maximum absolute atomic E-state index is 11.7. The Kier molecular flexibility index (Phi) is 3.46. The number of hydrogen-bond donors (Lipinski definition) is 2. The monoisotopic (exact) mass is 235 g/mol. The Hall–Kier alpha value is -1.78. The number of urea groups is 1. The van der Waals surface area contributed by atoms with E-state index in [-0.39, 0.29) is 11.6 Å². The highest BCUT2D eigenvalue weighted by Crippen LogP contribution is 2.17. The molecule has 2 rings (SSSR count). The first-order valence-electron chi connectivity index (χ1n) is 5.89. The summed E-state index contributed by atoms with van der Waals surface area (Å²) >= 11 is 0. The van der Waals surface area contributed by atoms with Gasteiger partial charge in [-0.2, -0.15) is 0 Å².